The summed E-state index contributed by atoms with van der Waals surface area (Å²) in [6, 6.07) is 0. The van der Waals surface area contributed by atoms with Crippen LogP contribution in [0.3, 0.4) is 0 Å². The standard InChI is InChI=1S/C17H24N4O2.C17H24N4O/c22-17-16-19-18-15(14-6-10-23-11-7-14)21(16)9-8-20(17)12-13-4-2-1-3-5-13;1-2-3-14-18-19-15-16(22)20(10-11-21(14)15)12-13-4-6-17(7-5-13)8-9-17/h8-9,13-14H,1-7,10-12H2;10-11,13H,2-9,12H2,1H3. The Kier molecular flexibility index (Phi) is 8.88. The van der Waals surface area contributed by atoms with E-state index in [1.807, 2.05) is 42.7 Å². The van der Waals surface area contributed by atoms with Crippen molar-refractivity contribution in [2.75, 3.05) is 13.2 Å². The van der Waals surface area contributed by atoms with Gasteiger partial charge in [-0.25, -0.2) is 0 Å². The third kappa shape index (κ3) is 6.50. The Hall–Kier alpha value is -3.34. The van der Waals surface area contributed by atoms with E-state index in [9.17, 15) is 9.59 Å². The predicted molar refractivity (Wildman–Crippen MR) is 171 cm³/mol. The quantitative estimate of drug-likeness (QED) is 0.281. The van der Waals surface area contributed by atoms with Crippen molar-refractivity contribution in [3.8, 4) is 0 Å². The fourth-order valence-electron chi connectivity index (χ4n) is 7.90. The molecule has 0 amide bonds. The molecule has 4 aliphatic rings. The monoisotopic (exact) mass is 616 g/mol. The Morgan fingerprint density at radius 1 is 0.711 bits per heavy atom. The number of nitrogens with zero attached hydrogens (tertiary/aromatic N) is 8. The van der Waals surface area contributed by atoms with E-state index >= 15 is 0 Å². The minimum absolute atomic E-state index is 0.00376. The first kappa shape index (κ1) is 30.3. The van der Waals surface area contributed by atoms with E-state index in [0.717, 1.165) is 63.6 Å². The lowest BCUT2D eigenvalue weighted by Gasteiger charge is -2.28. The first-order valence-electron chi connectivity index (χ1n) is 17.5. The van der Waals surface area contributed by atoms with E-state index in [1.165, 1.54) is 70.6 Å². The van der Waals surface area contributed by atoms with Crippen molar-refractivity contribution in [3.63, 3.8) is 0 Å². The van der Waals surface area contributed by atoms with Gasteiger partial charge < -0.3 is 13.9 Å². The molecule has 4 aromatic rings. The summed E-state index contributed by atoms with van der Waals surface area (Å²) in [6.07, 6.45) is 26.0. The molecule has 0 N–H and O–H groups in total. The topological polar surface area (TPSA) is 114 Å². The van der Waals surface area contributed by atoms with Gasteiger partial charge in [-0.1, -0.05) is 26.2 Å². The maximum atomic E-state index is 12.7. The van der Waals surface area contributed by atoms with Crippen LogP contribution in [-0.2, 0) is 24.2 Å². The van der Waals surface area contributed by atoms with Crippen molar-refractivity contribution in [1.82, 2.24) is 38.3 Å². The van der Waals surface area contributed by atoms with Gasteiger partial charge >= 0.3 is 0 Å². The second-order valence-corrected chi connectivity index (χ2v) is 14.2. The van der Waals surface area contributed by atoms with Crippen molar-refractivity contribution in [2.45, 2.75) is 122 Å². The SMILES string of the molecule is CCCc1nnc2c(=O)n(CC3CCC4(CC3)CC4)ccn12.O=c1c2nnc(C3CCOCC3)n2ccn1CC1CCCCC1. The number of hydrogen-bond donors (Lipinski definition) is 0. The van der Waals surface area contributed by atoms with Gasteiger partial charge in [-0.05, 0) is 87.9 Å². The van der Waals surface area contributed by atoms with Gasteiger partial charge in [0.15, 0.2) is 0 Å². The van der Waals surface area contributed by atoms with Gasteiger partial charge in [0.2, 0.25) is 11.3 Å². The summed E-state index contributed by atoms with van der Waals surface area (Å²) >= 11 is 0. The lowest BCUT2D eigenvalue weighted by atomic mass is 9.80. The van der Waals surface area contributed by atoms with Crippen LogP contribution in [0.4, 0.5) is 0 Å². The zero-order valence-electron chi connectivity index (χ0n) is 26.8. The summed E-state index contributed by atoms with van der Waals surface area (Å²) < 4.78 is 12.8. The maximum Gasteiger partial charge on any atom is 0.296 e. The molecular weight excluding hydrogens is 568 g/mol. The molecule has 242 valence electrons. The van der Waals surface area contributed by atoms with Gasteiger partial charge in [-0.2, -0.15) is 0 Å². The molecular formula is C34H48N8O3. The summed E-state index contributed by atoms with van der Waals surface area (Å²) in [4.78, 5) is 25.3. The highest BCUT2D eigenvalue weighted by molar-refractivity contribution is 5.36. The normalized spacial score (nSPS) is 20.9. The highest BCUT2D eigenvalue weighted by Crippen LogP contribution is 2.57. The zero-order valence-corrected chi connectivity index (χ0v) is 26.8. The molecule has 0 radical (unpaired) electrons. The van der Waals surface area contributed by atoms with E-state index in [-0.39, 0.29) is 11.1 Å². The fraction of sp³-hybridized carbons (Fsp3) is 0.706. The summed E-state index contributed by atoms with van der Waals surface area (Å²) in [5.74, 6) is 3.40. The average Bonchev–Trinajstić information content (AvgIpc) is 3.47. The number of aromatic nitrogens is 8. The first-order chi connectivity index (χ1) is 22.0. The number of ether oxygens (including phenoxy) is 1. The zero-order chi connectivity index (χ0) is 30.8. The number of rotatable bonds is 7. The summed E-state index contributed by atoms with van der Waals surface area (Å²) in [6.45, 7) is 5.28. The molecule has 11 heteroatoms. The van der Waals surface area contributed by atoms with Crippen LogP contribution < -0.4 is 11.1 Å². The lowest BCUT2D eigenvalue weighted by molar-refractivity contribution is 0.0834. The molecule has 3 saturated carbocycles. The van der Waals surface area contributed by atoms with E-state index in [4.69, 9.17) is 4.74 Å². The second-order valence-electron chi connectivity index (χ2n) is 14.2. The van der Waals surface area contributed by atoms with Gasteiger partial charge in [0.05, 0.1) is 0 Å². The second kappa shape index (κ2) is 13.2. The van der Waals surface area contributed by atoms with Crippen LogP contribution >= 0.6 is 0 Å². The highest BCUT2D eigenvalue weighted by Gasteiger charge is 2.44. The fourth-order valence-corrected chi connectivity index (χ4v) is 7.90. The largest absolute Gasteiger partial charge is 0.381 e. The highest BCUT2D eigenvalue weighted by atomic mass is 16.5. The van der Waals surface area contributed by atoms with Crippen molar-refractivity contribution in [1.29, 1.82) is 0 Å². The molecule has 0 aromatic carbocycles. The molecule has 3 aliphatic carbocycles. The van der Waals surface area contributed by atoms with Crippen LogP contribution in [0, 0.1) is 17.3 Å². The van der Waals surface area contributed by atoms with Crippen molar-refractivity contribution in [3.05, 3.63) is 57.1 Å². The van der Waals surface area contributed by atoms with Crippen LogP contribution in [-0.4, -0.2) is 51.5 Å². The lowest BCUT2D eigenvalue weighted by Crippen LogP contribution is -2.27. The molecule has 5 heterocycles. The molecule has 8 rings (SSSR count). The Balaban J connectivity index is 0.000000145. The smallest absolute Gasteiger partial charge is 0.296 e. The van der Waals surface area contributed by atoms with Crippen molar-refractivity contribution >= 4 is 11.3 Å². The molecule has 4 fully saturated rings. The summed E-state index contributed by atoms with van der Waals surface area (Å²) in [5.41, 5.74) is 1.64. The van der Waals surface area contributed by atoms with Crippen molar-refractivity contribution in [2.24, 2.45) is 17.3 Å². The Morgan fingerprint density at radius 2 is 1.31 bits per heavy atom. The predicted octanol–water partition coefficient (Wildman–Crippen LogP) is 5.18. The summed E-state index contributed by atoms with van der Waals surface area (Å²) in [5, 5.41) is 16.8. The van der Waals surface area contributed by atoms with Gasteiger partial charge in [0.1, 0.15) is 11.6 Å². The van der Waals surface area contributed by atoms with E-state index < -0.39 is 0 Å². The van der Waals surface area contributed by atoms with E-state index in [0.29, 0.717) is 34.5 Å². The third-order valence-electron chi connectivity index (χ3n) is 11.0. The number of fused-ring (bicyclic) bond motifs is 2. The molecule has 0 atom stereocenters. The minimum atomic E-state index is -0.0103. The van der Waals surface area contributed by atoms with Crippen LogP contribution in [0.1, 0.15) is 114 Å². The molecule has 11 nitrogen and oxygen atoms in total. The summed E-state index contributed by atoms with van der Waals surface area (Å²) in [7, 11) is 0. The number of aryl methyl sites for hydroxylation is 1. The van der Waals surface area contributed by atoms with Gasteiger partial charge in [-0.15, -0.1) is 20.4 Å². The molecule has 0 unspecified atom stereocenters. The van der Waals surface area contributed by atoms with Gasteiger partial charge in [-0.3, -0.25) is 18.4 Å². The van der Waals surface area contributed by atoms with Crippen molar-refractivity contribution < 1.29 is 4.74 Å². The Bertz CT molecular complexity index is 1710. The molecule has 1 aliphatic heterocycles. The van der Waals surface area contributed by atoms with Gasteiger partial charge in [0.25, 0.3) is 11.1 Å². The number of hydrogen-bond acceptors (Lipinski definition) is 7. The van der Waals surface area contributed by atoms with Crippen LogP contribution in [0.5, 0.6) is 0 Å². The van der Waals surface area contributed by atoms with Gasteiger partial charge in [0, 0.05) is 63.4 Å². The molecule has 1 spiro atoms. The van der Waals surface area contributed by atoms with Crippen LogP contribution in [0.25, 0.3) is 11.3 Å². The Labute approximate surface area is 264 Å². The van der Waals surface area contributed by atoms with Crippen LogP contribution in [0.2, 0.25) is 0 Å². The van der Waals surface area contributed by atoms with Crippen LogP contribution in [0.15, 0.2) is 34.4 Å². The maximum absolute atomic E-state index is 12.7. The average molecular weight is 617 g/mol. The molecule has 45 heavy (non-hydrogen) atoms. The molecule has 1 saturated heterocycles. The first-order valence-corrected chi connectivity index (χ1v) is 17.5. The third-order valence-corrected chi connectivity index (χ3v) is 11.0. The molecule has 0 bridgehead atoms. The minimum Gasteiger partial charge on any atom is -0.381 e. The molecule has 4 aromatic heterocycles. The Morgan fingerprint density at radius 3 is 1.96 bits per heavy atom. The van der Waals surface area contributed by atoms with E-state index in [1.54, 1.807) is 0 Å². The van der Waals surface area contributed by atoms with E-state index in [2.05, 4.69) is 27.3 Å².